The van der Waals surface area contributed by atoms with Crippen molar-refractivity contribution in [1.82, 2.24) is 4.90 Å². The number of nitrogens with zero attached hydrogens (tertiary/aromatic N) is 1. The van der Waals surface area contributed by atoms with Crippen molar-refractivity contribution in [2.45, 2.75) is 26.7 Å². The molecule has 0 amide bonds. The van der Waals surface area contributed by atoms with Gasteiger partial charge in [0.25, 0.3) is 0 Å². The third-order valence-corrected chi connectivity index (χ3v) is 3.58. The summed E-state index contributed by atoms with van der Waals surface area (Å²) in [5.74, 6) is -1.04. The molecule has 0 radical (unpaired) electrons. The summed E-state index contributed by atoms with van der Waals surface area (Å²) in [7, 11) is 0. The monoisotopic (exact) mass is 289 g/mol. The lowest BCUT2D eigenvalue weighted by Crippen LogP contribution is -2.31. The predicted molar refractivity (Wildman–Crippen MR) is 81.3 cm³/mol. The molecule has 3 nitrogen and oxygen atoms in total. The van der Waals surface area contributed by atoms with Gasteiger partial charge >= 0.3 is 5.97 Å². The van der Waals surface area contributed by atoms with E-state index < -0.39 is 5.97 Å². The maximum atomic E-state index is 13.4. The van der Waals surface area contributed by atoms with Crippen LogP contribution in [-0.4, -0.2) is 29.1 Å². The molecule has 1 aliphatic heterocycles. The smallest absolute Gasteiger partial charge is 0.323 e. The first kappa shape index (κ1) is 15.3. The van der Waals surface area contributed by atoms with Crippen molar-refractivity contribution in [2.75, 3.05) is 13.1 Å². The predicted octanol–water partition coefficient (Wildman–Crippen LogP) is 3.60. The third kappa shape index (κ3) is 3.72. The van der Waals surface area contributed by atoms with Crippen LogP contribution in [0.4, 0.5) is 4.39 Å². The minimum absolute atomic E-state index is 0.0120. The van der Waals surface area contributed by atoms with E-state index in [1.165, 1.54) is 6.07 Å². The highest BCUT2D eigenvalue weighted by Crippen LogP contribution is 2.26. The van der Waals surface area contributed by atoms with E-state index in [2.05, 4.69) is 6.92 Å². The molecule has 0 unspecified atom stereocenters. The standard InChI is InChI=1S/C17H20FNO2/c1-3-4-15-10-14(7-8-19(15)11-17(20)21)13-5-6-16(18)12(2)9-13/h5-7,9-10H,3-4,8,11H2,1-2H3,(H,20,21). The largest absolute Gasteiger partial charge is 0.480 e. The number of halogens is 1. The van der Waals surface area contributed by atoms with Crippen LogP contribution in [0.5, 0.6) is 0 Å². The zero-order valence-electron chi connectivity index (χ0n) is 12.4. The quantitative estimate of drug-likeness (QED) is 0.900. The molecule has 0 atom stereocenters. The van der Waals surface area contributed by atoms with Crippen LogP contribution in [0, 0.1) is 12.7 Å². The van der Waals surface area contributed by atoms with E-state index in [0.717, 1.165) is 29.7 Å². The van der Waals surface area contributed by atoms with Crippen LogP contribution in [0.2, 0.25) is 0 Å². The molecule has 1 aromatic rings. The van der Waals surface area contributed by atoms with Gasteiger partial charge in [-0.05, 0) is 48.3 Å². The fraction of sp³-hybridized carbons (Fsp3) is 0.353. The number of carboxylic acids is 1. The number of rotatable bonds is 5. The van der Waals surface area contributed by atoms with Crippen molar-refractivity contribution in [2.24, 2.45) is 0 Å². The van der Waals surface area contributed by atoms with Gasteiger partial charge in [-0.1, -0.05) is 25.5 Å². The van der Waals surface area contributed by atoms with E-state index in [-0.39, 0.29) is 12.4 Å². The van der Waals surface area contributed by atoms with Gasteiger partial charge in [0.15, 0.2) is 0 Å². The maximum Gasteiger partial charge on any atom is 0.323 e. The molecule has 0 fully saturated rings. The van der Waals surface area contributed by atoms with Crippen molar-refractivity contribution < 1.29 is 14.3 Å². The average Bonchev–Trinajstić information content (AvgIpc) is 2.43. The molecule has 0 spiro atoms. The summed E-state index contributed by atoms with van der Waals surface area (Å²) >= 11 is 0. The maximum absolute atomic E-state index is 13.4. The SMILES string of the molecule is CCCC1=CC(c2ccc(F)c(C)c2)=CCN1CC(=O)O. The van der Waals surface area contributed by atoms with E-state index in [1.807, 2.05) is 23.1 Å². The van der Waals surface area contributed by atoms with Crippen LogP contribution in [0.15, 0.2) is 36.0 Å². The molecule has 0 aliphatic carbocycles. The Morgan fingerprint density at radius 2 is 2.19 bits per heavy atom. The number of aliphatic carboxylic acids is 1. The summed E-state index contributed by atoms with van der Waals surface area (Å²) in [6.45, 7) is 4.40. The molecule has 0 aromatic heterocycles. The summed E-state index contributed by atoms with van der Waals surface area (Å²) in [5, 5.41) is 8.97. The lowest BCUT2D eigenvalue weighted by Gasteiger charge is -2.28. The minimum atomic E-state index is -0.827. The van der Waals surface area contributed by atoms with Crippen LogP contribution in [-0.2, 0) is 4.79 Å². The Hall–Kier alpha value is -2.10. The van der Waals surface area contributed by atoms with Gasteiger partial charge in [0.2, 0.25) is 0 Å². The summed E-state index contributed by atoms with van der Waals surface area (Å²) < 4.78 is 13.4. The zero-order valence-corrected chi connectivity index (χ0v) is 12.4. The molecule has 0 saturated carbocycles. The Morgan fingerprint density at radius 1 is 1.43 bits per heavy atom. The summed E-state index contributed by atoms with van der Waals surface area (Å²) in [5.41, 5.74) is 3.65. The first-order valence-electron chi connectivity index (χ1n) is 7.15. The molecular weight excluding hydrogens is 269 g/mol. The summed E-state index contributed by atoms with van der Waals surface area (Å²) in [4.78, 5) is 12.8. The van der Waals surface area contributed by atoms with Gasteiger partial charge in [-0.25, -0.2) is 4.39 Å². The Bertz CT molecular complexity index is 605. The molecule has 1 heterocycles. The van der Waals surface area contributed by atoms with E-state index in [0.29, 0.717) is 12.1 Å². The molecule has 4 heteroatoms. The fourth-order valence-corrected chi connectivity index (χ4v) is 2.50. The molecule has 0 saturated heterocycles. The first-order valence-corrected chi connectivity index (χ1v) is 7.15. The third-order valence-electron chi connectivity index (χ3n) is 3.58. The Balaban J connectivity index is 2.27. The van der Waals surface area contributed by atoms with Crippen LogP contribution in [0.25, 0.3) is 5.57 Å². The van der Waals surface area contributed by atoms with Crippen LogP contribution < -0.4 is 0 Å². The number of carbonyl (C=O) groups is 1. The normalized spacial score (nSPS) is 14.7. The number of benzene rings is 1. The van der Waals surface area contributed by atoms with Crippen molar-refractivity contribution >= 4 is 11.5 Å². The number of aryl methyl sites for hydroxylation is 1. The van der Waals surface area contributed by atoms with Gasteiger partial charge in [0.05, 0.1) is 0 Å². The van der Waals surface area contributed by atoms with E-state index >= 15 is 0 Å². The van der Waals surface area contributed by atoms with Gasteiger partial charge in [-0.3, -0.25) is 4.79 Å². The van der Waals surface area contributed by atoms with Gasteiger partial charge in [0, 0.05) is 12.2 Å². The van der Waals surface area contributed by atoms with Crippen LogP contribution >= 0.6 is 0 Å². The minimum Gasteiger partial charge on any atom is -0.480 e. The fourth-order valence-electron chi connectivity index (χ4n) is 2.50. The van der Waals surface area contributed by atoms with Crippen molar-refractivity contribution in [1.29, 1.82) is 0 Å². The second-order valence-corrected chi connectivity index (χ2v) is 5.28. The summed E-state index contributed by atoms with van der Waals surface area (Å²) in [6.07, 6.45) is 5.81. The number of hydrogen-bond acceptors (Lipinski definition) is 2. The Kier molecular flexibility index (Phi) is 4.78. The molecule has 21 heavy (non-hydrogen) atoms. The van der Waals surface area contributed by atoms with E-state index in [9.17, 15) is 9.18 Å². The zero-order chi connectivity index (χ0) is 15.4. The van der Waals surface area contributed by atoms with Crippen molar-refractivity contribution in [3.63, 3.8) is 0 Å². The molecule has 1 N–H and O–H groups in total. The molecule has 0 bridgehead atoms. The highest BCUT2D eigenvalue weighted by molar-refractivity contribution is 5.77. The molecule has 2 rings (SSSR count). The van der Waals surface area contributed by atoms with Crippen molar-refractivity contribution in [3.8, 4) is 0 Å². The summed E-state index contributed by atoms with van der Waals surface area (Å²) in [6, 6.07) is 5.07. The highest BCUT2D eigenvalue weighted by Gasteiger charge is 2.17. The second-order valence-electron chi connectivity index (χ2n) is 5.28. The number of hydrogen-bond donors (Lipinski definition) is 1. The van der Waals surface area contributed by atoms with Crippen molar-refractivity contribution in [3.05, 3.63) is 53.0 Å². The Morgan fingerprint density at radius 3 is 2.81 bits per heavy atom. The highest BCUT2D eigenvalue weighted by atomic mass is 19.1. The molecular formula is C17H20FNO2. The van der Waals surface area contributed by atoms with E-state index in [1.54, 1.807) is 13.0 Å². The molecule has 1 aromatic carbocycles. The van der Waals surface area contributed by atoms with Crippen LogP contribution in [0.1, 0.15) is 30.9 Å². The average molecular weight is 289 g/mol. The Labute approximate surface area is 124 Å². The molecule has 112 valence electrons. The lowest BCUT2D eigenvalue weighted by molar-refractivity contribution is -0.137. The van der Waals surface area contributed by atoms with E-state index in [4.69, 9.17) is 5.11 Å². The number of allylic oxidation sites excluding steroid dienone is 3. The first-order chi connectivity index (χ1) is 10.0. The van der Waals surface area contributed by atoms with Crippen LogP contribution in [0.3, 0.4) is 0 Å². The second kappa shape index (κ2) is 6.57. The van der Waals surface area contributed by atoms with Gasteiger partial charge in [-0.2, -0.15) is 0 Å². The number of carboxylic acid groups (broad SMARTS) is 1. The lowest BCUT2D eigenvalue weighted by atomic mass is 9.98. The topological polar surface area (TPSA) is 40.5 Å². The van der Waals surface area contributed by atoms with Gasteiger partial charge in [-0.15, -0.1) is 0 Å². The van der Waals surface area contributed by atoms with Gasteiger partial charge in [0.1, 0.15) is 12.4 Å². The van der Waals surface area contributed by atoms with Gasteiger partial charge < -0.3 is 10.0 Å². The molecule has 1 aliphatic rings.